The summed E-state index contributed by atoms with van der Waals surface area (Å²) >= 11 is 0. The summed E-state index contributed by atoms with van der Waals surface area (Å²) in [6.45, 7) is 0. The highest BCUT2D eigenvalue weighted by atomic mass is 16.5. The van der Waals surface area contributed by atoms with E-state index >= 15 is 0 Å². The van der Waals surface area contributed by atoms with Gasteiger partial charge in [-0.1, -0.05) is 0 Å². The molecule has 0 saturated heterocycles. The number of rotatable bonds is 3. The molecule has 0 bridgehead atoms. The SMILES string of the molecule is COc1ccc(-c2cc3[nH]c(C(=O)O)cc3o2)cc1. The zero-order valence-electron chi connectivity index (χ0n) is 10.1. The van der Waals surface area contributed by atoms with Gasteiger partial charge in [0.1, 0.15) is 17.2 Å². The number of carboxylic acid groups (broad SMARTS) is 1. The predicted molar refractivity (Wildman–Crippen MR) is 69.5 cm³/mol. The highest BCUT2D eigenvalue weighted by Crippen LogP contribution is 2.29. The summed E-state index contributed by atoms with van der Waals surface area (Å²) in [5.41, 5.74) is 2.23. The molecular formula is C14H11NO4. The van der Waals surface area contributed by atoms with Crippen molar-refractivity contribution in [3.63, 3.8) is 0 Å². The number of benzene rings is 1. The minimum atomic E-state index is -1.00. The molecule has 0 spiro atoms. The molecule has 96 valence electrons. The number of aromatic amines is 1. The van der Waals surface area contributed by atoms with E-state index < -0.39 is 5.97 Å². The Labute approximate surface area is 108 Å². The Morgan fingerprint density at radius 1 is 1.26 bits per heavy atom. The quantitative estimate of drug-likeness (QED) is 0.755. The number of ether oxygens (including phenoxy) is 1. The standard InChI is InChI=1S/C14H11NO4/c1-18-9-4-2-8(3-5-9)12-6-10-13(19-12)7-11(15-10)14(16)17/h2-7,15H,1H3,(H,16,17). The van der Waals surface area contributed by atoms with Gasteiger partial charge in [0.15, 0.2) is 5.58 Å². The first-order valence-corrected chi connectivity index (χ1v) is 5.67. The fourth-order valence-corrected chi connectivity index (χ4v) is 1.94. The number of carboxylic acids is 1. The molecule has 1 aromatic carbocycles. The number of aromatic carboxylic acids is 1. The first kappa shape index (κ1) is 11.4. The Kier molecular flexibility index (Phi) is 2.52. The van der Waals surface area contributed by atoms with Crippen LogP contribution in [0.5, 0.6) is 5.75 Å². The van der Waals surface area contributed by atoms with Gasteiger partial charge in [0, 0.05) is 17.7 Å². The van der Waals surface area contributed by atoms with E-state index in [0.717, 1.165) is 11.3 Å². The highest BCUT2D eigenvalue weighted by molar-refractivity contribution is 5.93. The van der Waals surface area contributed by atoms with Crippen LogP contribution in [0.25, 0.3) is 22.4 Å². The normalized spacial score (nSPS) is 10.8. The lowest BCUT2D eigenvalue weighted by Gasteiger charge is -2.00. The molecule has 5 nitrogen and oxygen atoms in total. The van der Waals surface area contributed by atoms with Gasteiger partial charge in [-0.15, -0.1) is 0 Å². The van der Waals surface area contributed by atoms with Crippen LogP contribution in [-0.2, 0) is 0 Å². The number of hydrogen-bond donors (Lipinski definition) is 2. The van der Waals surface area contributed by atoms with Gasteiger partial charge in [0.05, 0.1) is 12.6 Å². The van der Waals surface area contributed by atoms with E-state index in [1.807, 2.05) is 24.3 Å². The van der Waals surface area contributed by atoms with Crippen LogP contribution in [0.1, 0.15) is 10.5 Å². The van der Waals surface area contributed by atoms with E-state index in [9.17, 15) is 4.79 Å². The van der Waals surface area contributed by atoms with E-state index in [0.29, 0.717) is 16.9 Å². The van der Waals surface area contributed by atoms with Crippen molar-refractivity contribution in [1.29, 1.82) is 0 Å². The third-order valence-corrected chi connectivity index (χ3v) is 2.91. The molecule has 2 aromatic heterocycles. The second kappa shape index (κ2) is 4.20. The van der Waals surface area contributed by atoms with Crippen LogP contribution in [-0.4, -0.2) is 23.2 Å². The molecule has 0 aliphatic heterocycles. The lowest BCUT2D eigenvalue weighted by molar-refractivity contribution is 0.0691. The highest BCUT2D eigenvalue weighted by Gasteiger charge is 2.12. The number of H-pyrrole nitrogens is 1. The molecule has 0 saturated carbocycles. The van der Waals surface area contributed by atoms with Gasteiger partial charge in [0.2, 0.25) is 0 Å². The average Bonchev–Trinajstić information content (AvgIpc) is 2.97. The Bertz CT molecular complexity index is 705. The number of fused-ring (bicyclic) bond motifs is 1. The molecule has 0 aliphatic carbocycles. The fraction of sp³-hybridized carbons (Fsp3) is 0.0714. The third-order valence-electron chi connectivity index (χ3n) is 2.91. The molecule has 0 unspecified atom stereocenters. The van der Waals surface area contributed by atoms with Crippen LogP contribution in [0, 0.1) is 0 Å². The minimum Gasteiger partial charge on any atom is -0.497 e. The van der Waals surface area contributed by atoms with E-state index in [1.165, 1.54) is 6.07 Å². The van der Waals surface area contributed by atoms with Crippen molar-refractivity contribution in [2.24, 2.45) is 0 Å². The number of nitrogens with one attached hydrogen (secondary N) is 1. The maximum atomic E-state index is 10.8. The van der Waals surface area contributed by atoms with Crippen LogP contribution in [0.4, 0.5) is 0 Å². The number of furan rings is 1. The molecule has 19 heavy (non-hydrogen) atoms. The zero-order chi connectivity index (χ0) is 13.4. The smallest absolute Gasteiger partial charge is 0.352 e. The fourth-order valence-electron chi connectivity index (χ4n) is 1.94. The lowest BCUT2D eigenvalue weighted by atomic mass is 10.2. The van der Waals surface area contributed by atoms with Gasteiger partial charge in [-0.25, -0.2) is 4.79 Å². The Morgan fingerprint density at radius 2 is 2.00 bits per heavy atom. The topological polar surface area (TPSA) is 75.5 Å². The summed E-state index contributed by atoms with van der Waals surface area (Å²) in [5, 5.41) is 8.86. The number of methoxy groups -OCH3 is 1. The van der Waals surface area contributed by atoms with Crippen molar-refractivity contribution in [3.05, 3.63) is 42.1 Å². The Balaban J connectivity index is 2.00. The van der Waals surface area contributed by atoms with Crippen LogP contribution < -0.4 is 4.74 Å². The zero-order valence-corrected chi connectivity index (χ0v) is 10.1. The Hall–Kier alpha value is -2.69. The van der Waals surface area contributed by atoms with Crippen LogP contribution in [0.3, 0.4) is 0 Å². The van der Waals surface area contributed by atoms with Crippen molar-refractivity contribution in [1.82, 2.24) is 4.98 Å². The molecule has 0 fully saturated rings. The van der Waals surface area contributed by atoms with Gasteiger partial charge in [-0.3, -0.25) is 0 Å². The third kappa shape index (κ3) is 1.95. The molecule has 3 aromatic rings. The molecule has 2 N–H and O–H groups in total. The predicted octanol–water partition coefficient (Wildman–Crippen LogP) is 3.13. The van der Waals surface area contributed by atoms with Crippen LogP contribution >= 0.6 is 0 Å². The largest absolute Gasteiger partial charge is 0.497 e. The summed E-state index contributed by atoms with van der Waals surface area (Å²) in [5.74, 6) is 0.451. The van der Waals surface area contributed by atoms with Crippen molar-refractivity contribution in [3.8, 4) is 17.1 Å². The maximum Gasteiger partial charge on any atom is 0.352 e. The molecule has 0 aliphatic rings. The van der Waals surface area contributed by atoms with E-state index in [1.54, 1.807) is 13.2 Å². The number of hydrogen-bond acceptors (Lipinski definition) is 3. The monoisotopic (exact) mass is 257 g/mol. The molecule has 0 radical (unpaired) electrons. The first-order valence-electron chi connectivity index (χ1n) is 5.67. The number of aromatic nitrogens is 1. The Morgan fingerprint density at radius 3 is 2.58 bits per heavy atom. The first-order chi connectivity index (χ1) is 9.17. The molecule has 2 heterocycles. The summed E-state index contributed by atoms with van der Waals surface area (Å²) in [4.78, 5) is 13.6. The summed E-state index contributed by atoms with van der Waals surface area (Å²) in [7, 11) is 1.61. The van der Waals surface area contributed by atoms with Gasteiger partial charge in [0.25, 0.3) is 0 Å². The lowest BCUT2D eigenvalue weighted by Crippen LogP contribution is -1.94. The average molecular weight is 257 g/mol. The summed E-state index contributed by atoms with van der Waals surface area (Å²) < 4.78 is 10.7. The molecule has 5 heteroatoms. The summed E-state index contributed by atoms with van der Waals surface area (Å²) in [6, 6.07) is 10.7. The van der Waals surface area contributed by atoms with Crippen molar-refractivity contribution < 1.29 is 19.1 Å². The van der Waals surface area contributed by atoms with E-state index in [2.05, 4.69) is 4.98 Å². The van der Waals surface area contributed by atoms with Gasteiger partial charge in [-0.05, 0) is 24.3 Å². The molecule has 0 atom stereocenters. The molecule has 3 rings (SSSR count). The van der Waals surface area contributed by atoms with Gasteiger partial charge < -0.3 is 19.2 Å². The van der Waals surface area contributed by atoms with Gasteiger partial charge >= 0.3 is 5.97 Å². The summed E-state index contributed by atoms with van der Waals surface area (Å²) in [6.07, 6.45) is 0. The second-order valence-corrected chi connectivity index (χ2v) is 4.11. The molecular weight excluding hydrogens is 246 g/mol. The minimum absolute atomic E-state index is 0.120. The van der Waals surface area contributed by atoms with E-state index in [4.69, 9.17) is 14.3 Å². The van der Waals surface area contributed by atoms with E-state index in [-0.39, 0.29) is 5.69 Å². The number of carbonyl (C=O) groups is 1. The van der Waals surface area contributed by atoms with Gasteiger partial charge in [-0.2, -0.15) is 0 Å². The van der Waals surface area contributed by atoms with Crippen molar-refractivity contribution in [2.75, 3.05) is 7.11 Å². The van der Waals surface area contributed by atoms with Crippen molar-refractivity contribution in [2.45, 2.75) is 0 Å². The maximum absolute atomic E-state index is 10.8. The van der Waals surface area contributed by atoms with Crippen LogP contribution in [0.2, 0.25) is 0 Å². The van der Waals surface area contributed by atoms with Crippen molar-refractivity contribution >= 4 is 17.1 Å². The second-order valence-electron chi connectivity index (χ2n) is 4.11. The molecule has 0 amide bonds. The van der Waals surface area contributed by atoms with Crippen LogP contribution in [0.15, 0.2) is 40.8 Å².